The van der Waals surface area contributed by atoms with Crippen LogP contribution in [0.3, 0.4) is 0 Å². The first-order valence-electron chi connectivity index (χ1n) is 6.42. The zero-order chi connectivity index (χ0) is 14.4. The topological polar surface area (TPSA) is 75.9 Å². The van der Waals surface area contributed by atoms with Crippen molar-refractivity contribution in [3.63, 3.8) is 0 Å². The van der Waals surface area contributed by atoms with Crippen LogP contribution in [0.5, 0.6) is 0 Å². The van der Waals surface area contributed by atoms with E-state index in [0.29, 0.717) is 25.3 Å². The minimum Gasteiger partial charge on any atom is -0.349 e. The summed E-state index contributed by atoms with van der Waals surface area (Å²) in [7, 11) is 3.50. The lowest BCUT2D eigenvalue weighted by Crippen LogP contribution is -2.27. The second-order valence-electron chi connectivity index (χ2n) is 4.56. The Morgan fingerprint density at radius 3 is 2.75 bits per heavy atom. The van der Waals surface area contributed by atoms with Gasteiger partial charge in [0.05, 0.1) is 12.2 Å². The van der Waals surface area contributed by atoms with E-state index in [0.717, 1.165) is 5.69 Å². The maximum Gasteiger partial charge on any atom is 0.223 e. The predicted molar refractivity (Wildman–Crippen MR) is 74.2 cm³/mol. The number of nitrogens with zero attached hydrogens (tertiary/aromatic N) is 5. The Labute approximate surface area is 117 Å². The van der Waals surface area contributed by atoms with E-state index in [2.05, 4.69) is 20.8 Å². The van der Waals surface area contributed by atoms with Gasteiger partial charge in [0.1, 0.15) is 0 Å². The molecule has 0 aliphatic rings. The van der Waals surface area contributed by atoms with Gasteiger partial charge in [0, 0.05) is 27.1 Å². The second kappa shape index (κ2) is 6.76. The molecule has 0 bridgehead atoms. The Morgan fingerprint density at radius 1 is 1.30 bits per heavy atom. The number of carbonyl (C=O) groups excluding carboxylic acids is 1. The molecule has 1 aromatic heterocycles. The van der Waals surface area contributed by atoms with Crippen molar-refractivity contribution < 1.29 is 4.79 Å². The van der Waals surface area contributed by atoms with Gasteiger partial charge in [-0.1, -0.05) is 18.2 Å². The number of hydrogen-bond donors (Lipinski definition) is 1. The Kier molecular flexibility index (Phi) is 4.78. The highest BCUT2D eigenvalue weighted by Crippen LogP contribution is 2.06. The van der Waals surface area contributed by atoms with Crippen molar-refractivity contribution >= 4 is 5.91 Å². The van der Waals surface area contributed by atoms with E-state index in [1.165, 1.54) is 0 Å². The van der Waals surface area contributed by atoms with E-state index in [1.807, 2.05) is 30.3 Å². The second-order valence-corrected chi connectivity index (χ2v) is 4.56. The summed E-state index contributed by atoms with van der Waals surface area (Å²) >= 11 is 0. The lowest BCUT2D eigenvalue weighted by molar-refractivity contribution is -0.128. The van der Waals surface area contributed by atoms with Gasteiger partial charge >= 0.3 is 0 Å². The number of rotatable bonds is 6. The molecule has 0 radical (unpaired) electrons. The summed E-state index contributed by atoms with van der Waals surface area (Å²) in [5.41, 5.74) is 0.915. The SMILES string of the molecule is CN(C)C(=O)CCNCc1nnnn1-c1ccccc1. The summed E-state index contributed by atoms with van der Waals surface area (Å²) in [5, 5.41) is 14.8. The summed E-state index contributed by atoms with van der Waals surface area (Å²) in [6.07, 6.45) is 0.458. The number of nitrogens with one attached hydrogen (secondary N) is 1. The quantitative estimate of drug-likeness (QED) is 0.763. The first-order valence-corrected chi connectivity index (χ1v) is 6.42. The van der Waals surface area contributed by atoms with Crippen LogP contribution >= 0.6 is 0 Å². The van der Waals surface area contributed by atoms with Crippen LogP contribution in [0.25, 0.3) is 5.69 Å². The number of benzene rings is 1. The molecule has 1 amide bonds. The van der Waals surface area contributed by atoms with Gasteiger partial charge < -0.3 is 10.2 Å². The first-order chi connectivity index (χ1) is 9.68. The molecule has 1 N–H and O–H groups in total. The number of amides is 1. The van der Waals surface area contributed by atoms with Crippen LogP contribution in [0.2, 0.25) is 0 Å². The van der Waals surface area contributed by atoms with Crippen LogP contribution in [-0.4, -0.2) is 51.7 Å². The highest BCUT2D eigenvalue weighted by molar-refractivity contribution is 5.75. The molecule has 0 fully saturated rings. The van der Waals surface area contributed by atoms with Gasteiger partial charge in [-0.2, -0.15) is 4.68 Å². The number of carbonyl (C=O) groups is 1. The molecule has 1 aromatic carbocycles. The molecule has 0 spiro atoms. The number of hydrogen-bond acceptors (Lipinski definition) is 5. The Morgan fingerprint density at radius 2 is 2.05 bits per heavy atom. The largest absolute Gasteiger partial charge is 0.349 e. The molecule has 7 heteroatoms. The molecule has 1 heterocycles. The number of tetrazole rings is 1. The van der Waals surface area contributed by atoms with E-state index >= 15 is 0 Å². The predicted octanol–water partition coefficient (Wildman–Crippen LogP) is 0.230. The molecule has 0 aliphatic carbocycles. The third-order valence-electron chi connectivity index (χ3n) is 2.83. The van der Waals surface area contributed by atoms with E-state index in [4.69, 9.17) is 0 Å². The summed E-state index contributed by atoms with van der Waals surface area (Å²) in [5.74, 6) is 0.814. The summed E-state index contributed by atoms with van der Waals surface area (Å²) < 4.78 is 1.68. The third kappa shape index (κ3) is 3.61. The Balaban J connectivity index is 1.89. The molecule has 7 nitrogen and oxygen atoms in total. The average molecular weight is 274 g/mol. The maximum atomic E-state index is 11.4. The lowest BCUT2D eigenvalue weighted by Gasteiger charge is -2.10. The number of aromatic nitrogens is 4. The van der Waals surface area contributed by atoms with E-state index in [9.17, 15) is 4.79 Å². The van der Waals surface area contributed by atoms with Gasteiger partial charge in [-0.3, -0.25) is 4.79 Å². The van der Waals surface area contributed by atoms with Gasteiger partial charge in [0.25, 0.3) is 0 Å². The maximum absolute atomic E-state index is 11.4. The van der Waals surface area contributed by atoms with Crippen molar-refractivity contribution in [3.8, 4) is 5.69 Å². The lowest BCUT2D eigenvalue weighted by atomic mass is 10.3. The Bertz CT molecular complexity index is 551. The van der Waals surface area contributed by atoms with Crippen molar-refractivity contribution in [1.29, 1.82) is 0 Å². The van der Waals surface area contributed by atoms with E-state index in [-0.39, 0.29) is 5.91 Å². The fourth-order valence-corrected chi connectivity index (χ4v) is 1.70. The zero-order valence-corrected chi connectivity index (χ0v) is 11.7. The molecule has 0 unspecified atom stereocenters. The van der Waals surface area contributed by atoms with E-state index in [1.54, 1.807) is 23.7 Å². The van der Waals surface area contributed by atoms with Gasteiger partial charge in [0.2, 0.25) is 5.91 Å². The first kappa shape index (κ1) is 14.1. The van der Waals surface area contributed by atoms with Crippen molar-refractivity contribution in [3.05, 3.63) is 36.2 Å². The summed E-state index contributed by atoms with van der Waals surface area (Å²) in [6, 6.07) is 9.69. The van der Waals surface area contributed by atoms with E-state index < -0.39 is 0 Å². The molecule has 0 aliphatic heterocycles. The minimum atomic E-state index is 0.0974. The molecule has 106 valence electrons. The fraction of sp³-hybridized carbons (Fsp3) is 0.385. The molecule has 0 saturated heterocycles. The van der Waals surface area contributed by atoms with Crippen LogP contribution in [-0.2, 0) is 11.3 Å². The molecular weight excluding hydrogens is 256 g/mol. The summed E-state index contributed by atoms with van der Waals surface area (Å²) in [6.45, 7) is 1.11. The molecule has 20 heavy (non-hydrogen) atoms. The van der Waals surface area contributed by atoms with Crippen LogP contribution < -0.4 is 5.32 Å². The van der Waals surface area contributed by atoms with Crippen LogP contribution in [0.15, 0.2) is 30.3 Å². The Hall–Kier alpha value is -2.28. The molecule has 2 aromatic rings. The average Bonchev–Trinajstić information content (AvgIpc) is 2.92. The number of para-hydroxylation sites is 1. The van der Waals surface area contributed by atoms with Gasteiger partial charge in [-0.25, -0.2) is 0 Å². The molecule has 2 rings (SSSR count). The van der Waals surface area contributed by atoms with Gasteiger partial charge in [0.15, 0.2) is 5.82 Å². The molecule has 0 saturated carbocycles. The summed E-state index contributed by atoms with van der Waals surface area (Å²) in [4.78, 5) is 13.0. The van der Waals surface area contributed by atoms with Crippen molar-refractivity contribution in [2.45, 2.75) is 13.0 Å². The van der Waals surface area contributed by atoms with Crippen molar-refractivity contribution in [2.24, 2.45) is 0 Å². The molecule has 0 atom stereocenters. The standard InChI is InChI=1S/C13H18N6O/c1-18(2)13(20)8-9-14-10-12-15-16-17-19(12)11-6-4-3-5-7-11/h3-7,14H,8-10H2,1-2H3. The van der Waals surface area contributed by atoms with Crippen LogP contribution in [0.1, 0.15) is 12.2 Å². The van der Waals surface area contributed by atoms with Crippen LogP contribution in [0, 0.1) is 0 Å². The highest BCUT2D eigenvalue weighted by atomic mass is 16.2. The van der Waals surface area contributed by atoms with Crippen LogP contribution in [0.4, 0.5) is 0 Å². The minimum absolute atomic E-state index is 0.0974. The highest BCUT2D eigenvalue weighted by Gasteiger charge is 2.08. The molecular formula is C13H18N6O. The fourth-order valence-electron chi connectivity index (χ4n) is 1.70. The van der Waals surface area contributed by atoms with Gasteiger partial charge in [-0.15, -0.1) is 5.10 Å². The van der Waals surface area contributed by atoms with Crippen molar-refractivity contribution in [1.82, 2.24) is 30.4 Å². The zero-order valence-electron chi connectivity index (χ0n) is 11.7. The normalized spacial score (nSPS) is 10.5. The monoisotopic (exact) mass is 274 g/mol. The van der Waals surface area contributed by atoms with Gasteiger partial charge in [-0.05, 0) is 22.6 Å². The smallest absolute Gasteiger partial charge is 0.223 e. The third-order valence-corrected chi connectivity index (χ3v) is 2.83. The van der Waals surface area contributed by atoms with Crippen molar-refractivity contribution in [2.75, 3.05) is 20.6 Å².